The second-order valence-corrected chi connectivity index (χ2v) is 8.13. The molecule has 2 aromatic carbocycles. The number of rotatable bonds is 5. The number of carbonyl (C=O) groups excluding carboxylic acids is 1. The van der Waals surface area contributed by atoms with Crippen LogP contribution in [0.25, 0.3) is 22.2 Å². The lowest BCUT2D eigenvalue weighted by Gasteiger charge is -2.21. The average molecular weight is 456 g/mol. The number of nitrogens with zero attached hydrogens (tertiary/aromatic N) is 2. The number of ether oxygens (including phenoxy) is 3. The van der Waals surface area contributed by atoms with Crippen LogP contribution in [0.2, 0.25) is 0 Å². The Hall–Kier alpha value is -4.53. The van der Waals surface area contributed by atoms with Gasteiger partial charge in [-0.3, -0.25) is 4.79 Å². The van der Waals surface area contributed by atoms with Crippen molar-refractivity contribution in [3.8, 4) is 22.8 Å². The molecule has 0 spiro atoms. The molecular weight excluding hydrogens is 436 g/mol. The van der Waals surface area contributed by atoms with Crippen molar-refractivity contribution in [2.24, 2.45) is 0 Å². The molecule has 3 aromatic rings. The molecule has 2 N–H and O–H groups in total. The van der Waals surface area contributed by atoms with Crippen LogP contribution < -0.4 is 15.0 Å². The van der Waals surface area contributed by atoms with E-state index in [-0.39, 0.29) is 23.8 Å². The van der Waals surface area contributed by atoms with Crippen LogP contribution in [0.4, 0.5) is 0 Å². The van der Waals surface area contributed by atoms with Crippen molar-refractivity contribution in [2.75, 3.05) is 13.9 Å². The Balaban J connectivity index is 1.51. The fourth-order valence-electron chi connectivity index (χ4n) is 4.56. The number of nitrogens with one attached hydrogen (secondary N) is 2. The molecule has 0 amide bonds. The van der Waals surface area contributed by atoms with Crippen LogP contribution in [-0.2, 0) is 11.3 Å². The highest BCUT2D eigenvalue weighted by atomic mass is 16.7. The third-order valence-corrected chi connectivity index (χ3v) is 6.21. The van der Waals surface area contributed by atoms with Crippen molar-refractivity contribution in [1.82, 2.24) is 19.7 Å². The summed E-state index contributed by atoms with van der Waals surface area (Å²) in [4.78, 5) is 28.2. The maximum atomic E-state index is 12.4. The maximum absolute atomic E-state index is 12.4. The molecule has 4 heterocycles. The molecule has 0 bridgehead atoms. The van der Waals surface area contributed by atoms with Crippen LogP contribution in [0.1, 0.15) is 27.4 Å². The van der Waals surface area contributed by atoms with Gasteiger partial charge in [0.1, 0.15) is 11.3 Å². The number of H-pyrrole nitrogens is 2. The van der Waals surface area contributed by atoms with Crippen LogP contribution in [-0.4, -0.2) is 39.6 Å². The van der Waals surface area contributed by atoms with Gasteiger partial charge < -0.3 is 23.8 Å². The first-order valence-electron chi connectivity index (χ1n) is 10.7. The highest BCUT2D eigenvalue weighted by Gasteiger charge is 2.25. The number of aromatic nitrogens is 4. The summed E-state index contributed by atoms with van der Waals surface area (Å²) in [6, 6.07) is 14.0. The zero-order chi connectivity index (χ0) is 23.2. The minimum absolute atomic E-state index is 0.124. The number of hydrogen-bond acceptors (Lipinski definition) is 6. The van der Waals surface area contributed by atoms with Crippen LogP contribution >= 0.6 is 0 Å². The normalized spacial score (nSPS) is 13.4. The van der Waals surface area contributed by atoms with Crippen molar-refractivity contribution in [2.45, 2.75) is 12.5 Å². The molecule has 0 fully saturated rings. The topological polar surface area (TPSA) is 111 Å². The molecule has 1 atom stereocenters. The molecule has 6 rings (SSSR count). The fourth-order valence-corrected chi connectivity index (χ4v) is 4.56. The third kappa shape index (κ3) is 3.21. The molecule has 1 aromatic heterocycles. The first kappa shape index (κ1) is 20.1. The van der Waals surface area contributed by atoms with Gasteiger partial charge in [0.2, 0.25) is 6.79 Å². The van der Waals surface area contributed by atoms with E-state index in [4.69, 9.17) is 14.2 Å². The van der Waals surface area contributed by atoms with Gasteiger partial charge in [0.05, 0.1) is 12.7 Å². The summed E-state index contributed by atoms with van der Waals surface area (Å²) >= 11 is 0. The molecule has 0 aliphatic carbocycles. The highest BCUT2D eigenvalue weighted by Crippen LogP contribution is 2.39. The summed E-state index contributed by atoms with van der Waals surface area (Å²) in [5, 5.41) is 7.53. The molecule has 34 heavy (non-hydrogen) atoms. The Labute approximate surface area is 193 Å². The van der Waals surface area contributed by atoms with E-state index in [0.717, 1.165) is 22.0 Å². The molecule has 0 unspecified atom stereocenters. The molecule has 0 saturated heterocycles. The average Bonchev–Trinajstić information content (AvgIpc) is 3.60. The number of methoxy groups -OCH3 is 1. The minimum Gasteiger partial charge on any atom is -0.465 e. The molecule has 0 saturated carbocycles. The number of hydrogen-bond donors (Lipinski definition) is 2. The summed E-state index contributed by atoms with van der Waals surface area (Å²) < 4.78 is 17.9. The van der Waals surface area contributed by atoms with Gasteiger partial charge in [0.15, 0.2) is 11.5 Å². The first-order chi connectivity index (χ1) is 16.6. The number of carbonyl (C=O) groups is 1. The van der Waals surface area contributed by atoms with Crippen LogP contribution in [0.5, 0.6) is 11.5 Å². The Morgan fingerprint density at radius 2 is 2.03 bits per heavy atom. The molecule has 3 aliphatic heterocycles. The van der Waals surface area contributed by atoms with E-state index in [1.54, 1.807) is 12.4 Å². The van der Waals surface area contributed by atoms with Crippen molar-refractivity contribution >= 4 is 16.9 Å². The monoisotopic (exact) mass is 456 g/mol. The first-order valence-corrected chi connectivity index (χ1v) is 10.7. The summed E-state index contributed by atoms with van der Waals surface area (Å²) in [6.45, 7) is 0.642. The van der Waals surface area contributed by atoms with Crippen LogP contribution in [0, 0.1) is 0 Å². The van der Waals surface area contributed by atoms with Crippen LogP contribution in [0.15, 0.2) is 65.8 Å². The van der Waals surface area contributed by atoms with Gasteiger partial charge in [0, 0.05) is 42.0 Å². The zero-order valence-corrected chi connectivity index (χ0v) is 18.2. The number of esters is 1. The SMILES string of the molecule is COC(=O)c1cn(C[C@@H](c2ccc3c(c2)OCO3)c2c[nH]c3ccccc23)cc2c(=O)[nH]nc1-2. The van der Waals surface area contributed by atoms with Gasteiger partial charge in [-0.1, -0.05) is 24.3 Å². The maximum Gasteiger partial charge on any atom is 0.341 e. The van der Waals surface area contributed by atoms with E-state index < -0.39 is 5.97 Å². The predicted octanol–water partition coefficient (Wildman–Crippen LogP) is 3.50. The van der Waals surface area contributed by atoms with Crippen molar-refractivity contribution in [3.63, 3.8) is 0 Å². The molecule has 9 heteroatoms. The summed E-state index contributed by atoms with van der Waals surface area (Å²) in [7, 11) is 1.30. The van der Waals surface area contributed by atoms with Crippen LogP contribution in [0.3, 0.4) is 0 Å². The fraction of sp³-hybridized carbons (Fsp3) is 0.160. The molecule has 3 aliphatic rings. The second-order valence-electron chi connectivity index (χ2n) is 8.13. The number of benzene rings is 2. The second kappa shape index (κ2) is 7.80. The number of pyridine rings is 1. The Morgan fingerprint density at radius 1 is 1.18 bits per heavy atom. The largest absolute Gasteiger partial charge is 0.465 e. The molecule has 9 nitrogen and oxygen atoms in total. The van der Waals surface area contributed by atoms with E-state index in [0.29, 0.717) is 29.3 Å². The Bertz CT molecular complexity index is 1560. The van der Waals surface area contributed by atoms with Gasteiger partial charge in [-0.15, -0.1) is 0 Å². The Kier molecular flexibility index (Phi) is 4.61. The van der Waals surface area contributed by atoms with Gasteiger partial charge >= 0.3 is 5.97 Å². The van der Waals surface area contributed by atoms with E-state index in [1.165, 1.54) is 7.11 Å². The number of aromatic amines is 2. The minimum atomic E-state index is -0.558. The smallest absolute Gasteiger partial charge is 0.341 e. The number of fused-ring (bicyclic) bond motifs is 3. The number of para-hydroxylation sites is 1. The summed E-state index contributed by atoms with van der Waals surface area (Å²) in [5.41, 5.74) is 3.59. The molecular formula is C25H20N4O5. The summed E-state index contributed by atoms with van der Waals surface area (Å²) in [6.07, 6.45) is 5.38. The van der Waals surface area contributed by atoms with Gasteiger partial charge in [-0.25, -0.2) is 9.89 Å². The lowest BCUT2D eigenvalue weighted by atomic mass is 9.90. The lowest BCUT2D eigenvalue weighted by molar-refractivity contribution is 0.0600. The lowest BCUT2D eigenvalue weighted by Crippen LogP contribution is -2.16. The standard InChI is InChI=1S/C25H20N4O5/c1-32-25(31)19-12-29(11-18-23(19)27-28-24(18)30)10-17(14-6-7-21-22(8-14)34-13-33-21)16-9-26-20-5-3-2-4-15(16)20/h2-9,11-12,17,26H,10,13H2,1H3,(H,28,30)/t17-/m0/s1. The van der Waals surface area contributed by atoms with Gasteiger partial charge in [-0.05, 0) is 29.3 Å². The van der Waals surface area contributed by atoms with E-state index in [1.807, 2.05) is 47.2 Å². The Morgan fingerprint density at radius 3 is 2.91 bits per heavy atom. The van der Waals surface area contributed by atoms with E-state index in [9.17, 15) is 9.59 Å². The predicted molar refractivity (Wildman–Crippen MR) is 124 cm³/mol. The van der Waals surface area contributed by atoms with Gasteiger partial charge in [0.25, 0.3) is 5.56 Å². The van der Waals surface area contributed by atoms with Crippen molar-refractivity contribution in [3.05, 3.63) is 88.1 Å². The van der Waals surface area contributed by atoms with Crippen molar-refractivity contribution in [1.29, 1.82) is 0 Å². The van der Waals surface area contributed by atoms with E-state index >= 15 is 0 Å². The van der Waals surface area contributed by atoms with E-state index in [2.05, 4.69) is 21.2 Å². The zero-order valence-electron chi connectivity index (χ0n) is 18.2. The summed E-state index contributed by atoms with van der Waals surface area (Å²) in [5.74, 6) is 0.714. The quantitative estimate of drug-likeness (QED) is 0.392. The molecule has 170 valence electrons. The van der Waals surface area contributed by atoms with Gasteiger partial charge in [-0.2, -0.15) is 5.10 Å². The molecule has 0 radical (unpaired) electrons. The van der Waals surface area contributed by atoms with Crippen molar-refractivity contribution < 1.29 is 19.0 Å². The highest BCUT2D eigenvalue weighted by molar-refractivity contribution is 5.96. The third-order valence-electron chi connectivity index (χ3n) is 6.21.